The van der Waals surface area contributed by atoms with E-state index in [-0.39, 0.29) is 5.69 Å². The Balaban J connectivity index is 2.86. The Labute approximate surface area is 72.0 Å². The second kappa shape index (κ2) is 3.28. The zero-order valence-corrected chi connectivity index (χ0v) is 6.54. The quantitative estimate of drug-likeness (QED) is 0.723. The third-order valence-electron chi connectivity index (χ3n) is 1.17. The normalized spacial score (nSPS) is 14.3. The summed E-state index contributed by atoms with van der Waals surface area (Å²) in [6.45, 7) is 0. The van der Waals surface area contributed by atoms with Gasteiger partial charge in [0, 0.05) is 12.4 Å². The van der Waals surface area contributed by atoms with Gasteiger partial charge in [0.15, 0.2) is 6.10 Å². The predicted molar refractivity (Wildman–Crippen MR) is 37.8 cm³/mol. The van der Waals surface area contributed by atoms with E-state index in [0.717, 1.165) is 6.20 Å². The van der Waals surface area contributed by atoms with E-state index in [1.54, 1.807) is 0 Å². The molecule has 0 amide bonds. The second-order valence-corrected chi connectivity index (χ2v) is 2.58. The maximum absolute atomic E-state index is 12.2. The first-order chi connectivity index (χ1) is 5.52. The van der Waals surface area contributed by atoms with Crippen molar-refractivity contribution in [3.8, 4) is 0 Å². The fraction of sp³-hybridized carbons (Fsp3) is 0.333. The summed E-state index contributed by atoms with van der Waals surface area (Å²) in [5.74, 6) is 0. The van der Waals surface area contributed by atoms with E-state index in [0.29, 0.717) is 0 Å². The van der Waals surface area contributed by atoms with Crippen LogP contribution in [0.5, 0.6) is 0 Å². The Morgan fingerprint density at radius 1 is 1.50 bits per heavy atom. The Morgan fingerprint density at radius 2 is 2.17 bits per heavy atom. The van der Waals surface area contributed by atoms with Gasteiger partial charge in [0.2, 0.25) is 0 Å². The van der Waals surface area contributed by atoms with Crippen LogP contribution in [-0.4, -0.2) is 20.5 Å². The van der Waals surface area contributed by atoms with E-state index in [9.17, 15) is 8.78 Å². The molecule has 0 radical (unpaired) electrons. The van der Waals surface area contributed by atoms with Crippen LogP contribution in [0.25, 0.3) is 0 Å². The van der Waals surface area contributed by atoms with Crippen molar-refractivity contribution in [1.29, 1.82) is 0 Å². The Hall–Kier alpha value is -0.810. The summed E-state index contributed by atoms with van der Waals surface area (Å²) in [4.78, 5) is 6.97. The van der Waals surface area contributed by atoms with E-state index in [4.69, 9.17) is 5.11 Å². The van der Waals surface area contributed by atoms with Crippen LogP contribution in [0.2, 0.25) is 0 Å². The molecule has 0 bridgehead atoms. The van der Waals surface area contributed by atoms with Gasteiger partial charge in [-0.3, -0.25) is 9.97 Å². The minimum absolute atomic E-state index is 0.252. The number of halogens is 3. The first-order valence-corrected chi connectivity index (χ1v) is 3.40. The molecular formula is C6H5ClF2N2O. The summed E-state index contributed by atoms with van der Waals surface area (Å²) >= 11 is 4.57. The molecule has 66 valence electrons. The van der Waals surface area contributed by atoms with Crippen molar-refractivity contribution in [3.05, 3.63) is 24.3 Å². The average Bonchev–Trinajstić information content (AvgIpc) is 2.03. The molecule has 0 fully saturated rings. The molecule has 0 aliphatic rings. The average molecular weight is 195 g/mol. The molecular weight excluding hydrogens is 190 g/mol. The minimum Gasteiger partial charge on any atom is -0.379 e. The van der Waals surface area contributed by atoms with Gasteiger partial charge >= 0.3 is 5.38 Å². The number of hydrogen-bond donors (Lipinski definition) is 1. The van der Waals surface area contributed by atoms with Crippen molar-refractivity contribution in [2.45, 2.75) is 11.5 Å². The van der Waals surface area contributed by atoms with E-state index in [2.05, 4.69) is 21.6 Å². The summed E-state index contributed by atoms with van der Waals surface area (Å²) < 4.78 is 24.5. The van der Waals surface area contributed by atoms with Crippen LogP contribution >= 0.6 is 11.6 Å². The summed E-state index contributed by atoms with van der Waals surface area (Å²) in [5.41, 5.74) is -0.252. The van der Waals surface area contributed by atoms with Gasteiger partial charge in [0.1, 0.15) is 0 Å². The molecule has 1 rings (SSSR count). The molecule has 1 heterocycles. The van der Waals surface area contributed by atoms with Gasteiger partial charge in [-0.05, 0) is 11.6 Å². The number of aromatic nitrogens is 2. The highest BCUT2D eigenvalue weighted by Crippen LogP contribution is 2.33. The fourth-order valence-electron chi connectivity index (χ4n) is 0.620. The lowest BCUT2D eigenvalue weighted by atomic mass is 10.3. The van der Waals surface area contributed by atoms with Crippen LogP contribution in [0.15, 0.2) is 18.6 Å². The molecule has 1 unspecified atom stereocenters. The second-order valence-electron chi connectivity index (χ2n) is 2.07. The first kappa shape index (κ1) is 9.28. The minimum atomic E-state index is -3.71. The Morgan fingerprint density at radius 3 is 2.58 bits per heavy atom. The maximum Gasteiger partial charge on any atom is 0.352 e. The van der Waals surface area contributed by atoms with Gasteiger partial charge in [0.25, 0.3) is 0 Å². The molecule has 3 nitrogen and oxygen atoms in total. The van der Waals surface area contributed by atoms with Crippen LogP contribution in [0.3, 0.4) is 0 Å². The molecule has 1 atom stereocenters. The Bertz CT molecular complexity index is 251. The molecule has 12 heavy (non-hydrogen) atoms. The van der Waals surface area contributed by atoms with Gasteiger partial charge < -0.3 is 5.11 Å². The van der Waals surface area contributed by atoms with Crippen molar-refractivity contribution >= 4 is 11.6 Å². The van der Waals surface area contributed by atoms with Gasteiger partial charge in [-0.25, -0.2) is 0 Å². The lowest BCUT2D eigenvalue weighted by Crippen LogP contribution is -2.19. The highest BCUT2D eigenvalue weighted by atomic mass is 35.5. The van der Waals surface area contributed by atoms with Crippen molar-refractivity contribution in [2.24, 2.45) is 0 Å². The van der Waals surface area contributed by atoms with Crippen LogP contribution in [-0.2, 0) is 0 Å². The third kappa shape index (κ3) is 2.09. The Kier molecular flexibility index (Phi) is 2.54. The first-order valence-electron chi connectivity index (χ1n) is 3.02. The van der Waals surface area contributed by atoms with Crippen molar-refractivity contribution < 1.29 is 13.9 Å². The zero-order valence-electron chi connectivity index (χ0n) is 5.78. The lowest BCUT2D eigenvalue weighted by molar-refractivity contribution is -0.0448. The summed E-state index contributed by atoms with van der Waals surface area (Å²) in [7, 11) is 0. The van der Waals surface area contributed by atoms with Crippen LogP contribution in [0.1, 0.15) is 11.8 Å². The number of alkyl halides is 3. The molecule has 0 aromatic carbocycles. The van der Waals surface area contributed by atoms with E-state index in [1.165, 1.54) is 12.4 Å². The van der Waals surface area contributed by atoms with E-state index >= 15 is 0 Å². The van der Waals surface area contributed by atoms with Crippen molar-refractivity contribution in [1.82, 2.24) is 9.97 Å². The van der Waals surface area contributed by atoms with Crippen LogP contribution < -0.4 is 0 Å². The van der Waals surface area contributed by atoms with Crippen LogP contribution in [0.4, 0.5) is 8.78 Å². The SMILES string of the molecule is OC(c1cnccn1)C(F)(F)Cl. The standard InChI is InChI=1S/C6H5ClF2N2O/c7-6(8,9)5(12)4-3-10-1-2-11-4/h1-3,5,12H. The molecule has 1 aromatic heterocycles. The van der Waals surface area contributed by atoms with Crippen molar-refractivity contribution in [3.63, 3.8) is 0 Å². The summed E-state index contributed by atoms with van der Waals surface area (Å²) in [6, 6.07) is 0. The fourth-order valence-corrected chi connectivity index (χ4v) is 0.731. The van der Waals surface area contributed by atoms with E-state index in [1.807, 2.05) is 0 Å². The number of nitrogens with zero attached hydrogens (tertiary/aromatic N) is 2. The molecule has 0 spiro atoms. The topological polar surface area (TPSA) is 46.0 Å². The highest BCUT2D eigenvalue weighted by molar-refractivity contribution is 6.22. The van der Waals surface area contributed by atoms with Gasteiger partial charge in [-0.15, -0.1) is 0 Å². The number of aliphatic hydroxyl groups excluding tert-OH is 1. The lowest BCUT2D eigenvalue weighted by Gasteiger charge is -2.13. The molecule has 1 aromatic rings. The van der Waals surface area contributed by atoms with Crippen molar-refractivity contribution in [2.75, 3.05) is 0 Å². The van der Waals surface area contributed by atoms with E-state index < -0.39 is 11.5 Å². The predicted octanol–water partition coefficient (Wildman–Crippen LogP) is 1.34. The summed E-state index contributed by atoms with van der Waals surface area (Å²) in [5, 5.41) is 5.16. The molecule has 0 saturated heterocycles. The smallest absolute Gasteiger partial charge is 0.352 e. The largest absolute Gasteiger partial charge is 0.379 e. The number of aliphatic hydroxyl groups is 1. The maximum atomic E-state index is 12.2. The highest BCUT2D eigenvalue weighted by Gasteiger charge is 2.37. The molecule has 1 N–H and O–H groups in total. The van der Waals surface area contributed by atoms with Crippen LogP contribution in [0, 0.1) is 0 Å². The number of rotatable bonds is 2. The molecule has 0 saturated carbocycles. The van der Waals surface area contributed by atoms with Gasteiger partial charge in [-0.2, -0.15) is 8.78 Å². The molecule has 0 aliphatic carbocycles. The summed E-state index contributed by atoms with van der Waals surface area (Å²) in [6.07, 6.45) is 1.41. The molecule has 0 aliphatic heterocycles. The van der Waals surface area contributed by atoms with Gasteiger partial charge in [0.05, 0.1) is 11.9 Å². The monoisotopic (exact) mass is 194 g/mol. The zero-order chi connectivity index (χ0) is 9.19. The third-order valence-corrected chi connectivity index (χ3v) is 1.38. The molecule has 6 heteroatoms. The van der Waals surface area contributed by atoms with Gasteiger partial charge in [-0.1, -0.05) is 0 Å². The number of hydrogen-bond acceptors (Lipinski definition) is 3.